The van der Waals surface area contributed by atoms with E-state index in [2.05, 4.69) is 5.32 Å². The molecular weight excluding hydrogens is 443 g/mol. The molecule has 0 radical (unpaired) electrons. The van der Waals surface area contributed by atoms with E-state index in [0.29, 0.717) is 5.56 Å². The van der Waals surface area contributed by atoms with Crippen LogP contribution in [0.5, 0.6) is 5.75 Å². The van der Waals surface area contributed by atoms with Gasteiger partial charge in [-0.3, -0.25) is 0 Å². The Morgan fingerprint density at radius 3 is 2.21 bits per heavy atom. The summed E-state index contributed by atoms with van der Waals surface area (Å²) in [6.07, 6.45) is 0. The molecule has 0 heterocycles. The third-order valence-corrected chi connectivity index (χ3v) is 6.42. The molecule has 0 aliphatic rings. The largest absolute Gasteiger partial charge is 0.379 e. The molecule has 3 aromatic rings. The van der Waals surface area contributed by atoms with E-state index in [9.17, 15) is 17.6 Å². The molecule has 3 rings (SSSR count). The lowest BCUT2D eigenvalue weighted by Crippen LogP contribution is -2.39. The van der Waals surface area contributed by atoms with Crippen LogP contribution in [0.3, 0.4) is 0 Å². The van der Waals surface area contributed by atoms with Crippen molar-refractivity contribution in [3.8, 4) is 5.75 Å². The van der Waals surface area contributed by atoms with Crippen LogP contribution >= 0.6 is 0 Å². The van der Waals surface area contributed by atoms with Crippen molar-refractivity contribution in [3.63, 3.8) is 0 Å². The van der Waals surface area contributed by atoms with Gasteiger partial charge in [0.1, 0.15) is 16.5 Å². The molecule has 0 bridgehead atoms. The molecule has 0 atom stereocenters. The van der Waals surface area contributed by atoms with Crippen molar-refractivity contribution in [2.24, 2.45) is 0 Å². The van der Waals surface area contributed by atoms with Crippen molar-refractivity contribution in [1.82, 2.24) is 4.90 Å². The predicted molar refractivity (Wildman–Crippen MR) is 126 cm³/mol. The van der Waals surface area contributed by atoms with Crippen molar-refractivity contribution in [3.05, 3.63) is 89.2 Å². The molecule has 0 aliphatic heterocycles. The van der Waals surface area contributed by atoms with Gasteiger partial charge >= 0.3 is 16.1 Å². The number of para-hydroxylation sites is 1. The van der Waals surface area contributed by atoms with Crippen LogP contribution in [0.2, 0.25) is 0 Å². The van der Waals surface area contributed by atoms with Gasteiger partial charge in [0.15, 0.2) is 0 Å². The van der Waals surface area contributed by atoms with Crippen LogP contribution in [-0.4, -0.2) is 25.4 Å². The zero-order chi connectivity index (χ0) is 24.2. The topological polar surface area (TPSA) is 75.7 Å². The first-order valence-corrected chi connectivity index (χ1v) is 11.9. The monoisotopic (exact) mass is 470 g/mol. The summed E-state index contributed by atoms with van der Waals surface area (Å²) in [7, 11) is -4.12. The molecule has 0 saturated carbocycles. The Morgan fingerprint density at radius 1 is 1.00 bits per heavy atom. The standard InChI is InChI=1S/C25H27FN2O4S/c1-17(2)28(25(29)27-24-18(3)7-5-8-19(24)4)16-20-9-6-10-22(15-20)32-33(30,31)23-13-11-21(26)12-14-23/h5-15,17H,16H2,1-4H3,(H,27,29). The first kappa shape index (κ1) is 24.3. The van der Waals surface area contributed by atoms with Crippen LogP contribution in [0.1, 0.15) is 30.5 Å². The van der Waals surface area contributed by atoms with Crippen LogP contribution in [0.25, 0.3) is 0 Å². The highest BCUT2D eigenvalue weighted by Crippen LogP contribution is 2.23. The highest BCUT2D eigenvalue weighted by molar-refractivity contribution is 7.87. The lowest BCUT2D eigenvalue weighted by atomic mass is 10.1. The number of nitrogens with zero attached hydrogens (tertiary/aromatic N) is 1. The number of halogens is 1. The number of carbonyl (C=O) groups excluding carboxylic acids is 1. The van der Waals surface area contributed by atoms with Crippen LogP contribution in [-0.2, 0) is 16.7 Å². The zero-order valence-electron chi connectivity index (χ0n) is 19.0. The van der Waals surface area contributed by atoms with Gasteiger partial charge in [0.25, 0.3) is 0 Å². The van der Waals surface area contributed by atoms with Gasteiger partial charge in [-0.1, -0.05) is 30.3 Å². The van der Waals surface area contributed by atoms with Crippen molar-refractivity contribution in [1.29, 1.82) is 0 Å². The van der Waals surface area contributed by atoms with E-state index in [1.807, 2.05) is 45.9 Å². The second-order valence-corrected chi connectivity index (χ2v) is 9.60. The summed E-state index contributed by atoms with van der Waals surface area (Å²) in [6.45, 7) is 7.94. The molecule has 1 N–H and O–H groups in total. The minimum absolute atomic E-state index is 0.107. The summed E-state index contributed by atoms with van der Waals surface area (Å²) in [5.74, 6) is -0.431. The maximum atomic E-state index is 13.1. The van der Waals surface area contributed by atoms with Crippen LogP contribution in [0, 0.1) is 19.7 Å². The molecule has 3 aromatic carbocycles. The van der Waals surface area contributed by atoms with E-state index < -0.39 is 15.9 Å². The molecule has 6 nitrogen and oxygen atoms in total. The molecule has 8 heteroatoms. The molecule has 0 aromatic heterocycles. The molecule has 0 saturated heterocycles. The number of anilines is 1. The Balaban J connectivity index is 1.78. The Labute approximate surface area is 194 Å². The molecular formula is C25H27FN2O4S. The van der Waals surface area contributed by atoms with E-state index >= 15 is 0 Å². The lowest BCUT2D eigenvalue weighted by Gasteiger charge is -2.28. The van der Waals surface area contributed by atoms with E-state index in [1.54, 1.807) is 23.1 Å². The highest BCUT2D eigenvalue weighted by Gasteiger charge is 2.20. The van der Waals surface area contributed by atoms with Crippen LogP contribution in [0.15, 0.2) is 71.6 Å². The molecule has 0 aliphatic carbocycles. The van der Waals surface area contributed by atoms with Gasteiger partial charge in [0, 0.05) is 18.3 Å². The number of carbonyl (C=O) groups is 1. The fraction of sp³-hybridized carbons (Fsp3) is 0.240. The Hall–Kier alpha value is -3.39. The van der Waals surface area contributed by atoms with E-state index in [-0.39, 0.29) is 29.3 Å². The Kier molecular flexibility index (Phi) is 7.38. The maximum absolute atomic E-state index is 13.1. The fourth-order valence-corrected chi connectivity index (χ4v) is 4.27. The Bertz CT molecular complexity index is 1220. The Morgan fingerprint density at radius 2 is 1.61 bits per heavy atom. The van der Waals surface area contributed by atoms with E-state index in [0.717, 1.165) is 41.1 Å². The molecule has 0 unspecified atom stereocenters. The van der Waals surface area contributed by atoms with Crippen molar-refractivity contribution < 1.29 is 21.8 Å². The molecule has 0 fully saturated rings. The molecule has 174 valence electrons. The summed E-state index contributed by atoms with van der Waals surface area (Å²) in [5.41, 5.74) is 3.41. The molecule has 2 amide bonds. The summed E-state index contributed by atoms with van der Waals surface area (Å²) in [4.78, 5) is 14.6. The van der Waals surface area contributed by atoms with Crippen LogP contribution < -0.4 is 9.50 Å². The molecule has 0 spiro atoms. The quantitative estimate of drug-likeness (QED) is 0.453. The number of urea groups is 1. The zero-order valence-corrected chi connectivity index (χ0v) is 19.8. The third kappa shape index (κ3) is 6.10. The van der Waals surface area contributed by atoms with Gasteiger partial charge < -0.3 is 14.4 Å². The first-order chi connectivity index (χ1) is 15.6. The fourth-order valence-electron chi connectivity index (χ4n) is 3.35. The van der Waals surface area contributed by atoms with E-state index in [1.165, 1.54) is 6.07 Å². The number of benzene rings is 3. The number of aryl methyl sites for hydroxylation is 2. The highest BCUT2D eigenvalue weighted by atomic mass is 32.2. The minimum Gasteiger partial charge on any atom is -0.379 e. The van der Waals surface area contributed by atoms with Crippen molar-refractivity contribution in [2.45, 2.75) is 45.2 Å². The first-order valence-electron chi connectivity index (χ1n) is 10.5. The summed E-state index contributed by atoms with van der Waals surface area (Å²) < 4.78 is 43.4. The normalized spacial score (nSPS) is 11.3. The van der Waals surface area contributed by atoms with Gasteiger partial charge in [-0.15, -0.1) is 0 Å². The number of hydrogen-bond acceptors (Lipinski definition) is 4. The maximum Gasteiger partial charge on any atom is 0.339 e. The average molecular weight is 471 g/mol. The number of rotatable bonds is 7. The van der Waals surface area contributed by atoms with Crippen molar-refractivity contribution in [2.75, 3.05) is 5.32 Å². The van der Waals surface area contributed by atoms with E-state index in [4.69, 9.17) is 4.18 Å². The van der Waals surface area contributed by atoms with Gasteiger partial charge in [-0.05, 0) is 80.8 Å². The lowest BCUT2D eigenvalue weighted by molar-refractivity contribution is 0.193. The number of amides is 2. The summed E-state index contributed by atoms with van der Waals surface area (Å²) in [5, 5.41) is 2.99. The SMILES string of the molecule is Cc1cccc(C)c1NC(=O)N(Cc1cccc(OS(=O)(=O)c2ccc(F)cc2)c1)C(C)C. The molecule has 33 heavy (non-hydrogen) atoms. The van der Waals surface area contributed by atoms with Crippen LogP contribution in [0.4, 0.5) is 14.9 Å². The second-order valence-electron chi connectivity index (χ2n) is 8.06. The smallest absolute Gasteiger partial charge is 0.339 e. The van der Waals surface area contributed by atoms with Gasteiger partial charge in [-0.2, -0.15) is 8.42 Å². The predicted octanol–water partition coefficient (Wildman–Crippen LogP) is 5.65. The third-order valence-electron chi connectivity index (χ3n) is 5.16. The number of nitrogens with one attached hydrogen (secondary N) is 1. The summed E-state index contributed by atoms with van der Waals surface area (Å²) >= 11 is 0. The minimum atomic E-state index is -4.12. The van der Waals surface area contributed by atoms with Gasteiger partial charge in [0.05, 0.1) is 0 Å². The van der Waals surface area contributed by atoms with Gasteiger partial charge in [-0.25, -0.2) is 9.18 Å². The average Bonchev–Trinajstić information content (AvgIpc) is 2.74. The van der Waals surface area contributed by atoms with Crippen molar-refractivity contribution >= 4 is 21.8 Å². The summed E-state index contributed by atoms with van der Waals surface area (Å²) in [6, 6.07) is 16.4. The number of hydrogen-bond donors (Lipinski definition) is 1. The second kappa shape index (κ2) is 10.0. The van der Waals surface area contributed by atoms with Gasteiger partial charge in [0.2, 0.25) is 0 Å².